The van der Waals surface area contributed by atoms with Crippen LogP contribution < -0.4 is 11.4 Å². The highest BCUT2D eigenvalue weighted by molar-refractivity contribution is 7.53. The molecule has 1 aromatic carbocycles. The maximum Gasteiger partial charge on any atom is 0.568 e. The van der Waals surface area contributed by atoms with Crippen molar-refractivity contribution in [2.24, 2.45) is 5.73 Å². The van der Waals surface area contributed by atoms with Crippen molar-refractivity contribution in [1.82, 2.24) is 34.1 Å². The molecule has 0 saturated carbocycles. The van der Waals surface area contributed by atoms with Crippen LogP contribution in [0.25, 0.3) is 17.2 Å². The highest BCUT2D eigenvalue weighted by Crippen LogP contribution is 2.49. The maximum absolute atomic E-state index is 13.7. The fourth-order valence-corrected chi connectivity index (χ4v) is 4.36. The smallest absolute Gasteiger partial charge is 0.363 e. The van der Waals surface area contributed by atoms with E-state index in [1.54, 1.807) is 0 Å². The normalized spacial score (nSPS) is 13.3. The zero-order valence-corrected chi connectivity index (χ0v) is 22.6. The first kappa shape index (κ1) is 32.0. The number of halogens is 7. The van der Waals surface area contributed by atoms with E-state index in [9.17, 15) is 35.9 Å². The molecule has 1 amide bonds. The number of alkyl halides is 6. The third-order valence-electron chi connectivity index (χ3n) is 5.46. The van der Waals surface area contributed by atoms with Gasteiger partial charge >= 0.3 is 26.2 Å². The Labute approximate surface area is 240 Å². The van der Waals surface area contributed by atoms with Crippen molar-refractivity contribution in [1.29, 1.82) is 0 Å². The summed E-state index contributed by atoms with van der Waals surface area (Å²) < 4.78 is 87.0. The standard InChI is InChI=1S/C21H16ClF6N8O6P/c22-11-5-3-10(4-6-11)16-33-35(19(38)34(16)8-13(21(26,27)28)42-43(39,40)41)9-14-31-18(15(29)37)36(32-14)17-12(20(23,24)25)2-1-7-30-17/h1-7,13,39-41H,8-9H2,(H-,29,37)/p+1/t13-/m0/s1. The predicted molar refractivity (Wildman–Crippen MR) is 133 cm³/mol. The van der Waals surface area contributed by atoms with Crippen LogP contribution in [0.1, 0.15) is 22.0 Å². The first-order chi connectivity index (χ1) is 19.8. The van der Waals surface area contributed by atoms with E-state index in [1.165, 1.54) is 24.3 Å². The van der Waals surface area contributed by atoms with Gasteiger partial charge in [0, 0.05) is 16.8 Å². The molecule has 0 spiro atoms. The number of primary amides is 1. The topological polar surface area (TPSA) is 196 Å². The van der Waals surface area contributed by atoms with Crippen LogP contribution in [0.5, 0.6) is 0 Å². The number of hydrogen-bond acceptors (Lipinski definition) is 10. The largest absolute Gasteiger partial charge is 0.568 e. The van der Waals surface area contributed by atoms with Gasteiger partial charge in [-0.25, -0.2) is 19.4 Å². The highest BCUT2D eigenvalue weighted by Gasteiger charge is 2.51. The van der Waals surface area contributed by atoms with Gasteiger partial charge in [0.1, 0.15) is 12.1 Å². The van der Waals surface area contributed by atoms with Gasteiger partial charge in [-0.3, -0.25) is 9.36 Å². The molecular formula is C21H17ClF6N8O6P+. The molecule has 0 saturated heterocycles. The molecule has 22 heteroatoms. The average molecular weight is 658 g/mol. The molecule has 0 aliphatic heterocycles. The fraction of sp³-hybridized carbons (Fsp3) is 0.238. The van der Waals surface area contributed by atoms with Crippen molar-refractivity contribution in [3.05, 3.63) is 75.3 Å². The molecule has 0 aliphatic carbocycles. The Morgan fingerprint density at radius 1 is 1.07 bits per heavy atom. The van der Waals surface area contributed by atoms with Crippen LogP contribution in [0.4, 0.5) is 26.3 Å². The minimum Gasteiger partial charge on any atom is -0.363 e. The van der Waals surface area contributed by atoms with Crippen LogP contribution >= 0.6 is 19.8 Å². The lowest BCUT2D eigenvalue weighted by Gasteiger charge is -2.19. The van der Waals surface area contributed by atoms with Gasteiger partial charge in [-0.15, -0.1) is 14.7 Å². The second-order valence-electron chi connectivity index (χ2n) is 8.53. The zero-order valence-electron chi connectivity index (χ0n) is 20.9. The molecule has 5 N–H and O–H groups in total. The minimum atomic E-state index is -5.45. The number of nitrogens with zero attached hydrogens (tertiary/aromatic N) is 7. The summed E-state index contributed by atoms with van der Waals surface area (Å²) in [7, 11) is -5.45. The van der Waals surface area contributed by atoms with Gasteiger partial charge < -0.3 is 5.73 Å². The summed E-state index contributed by atoms with van der Waals surface area (Å²) in [4.78, 5) is 59.9. The molecule has 43 heavy (non-hydrogen) atoms. The molecule has 0 aliphatic rings. The lowest BCUT2D eigenvalue weighted by Crippen LogP contribution is -2.39. The Balaban J connectivity index is 1.83. The summed E-state index contributed by atoms with van der Waals surface area (Å²) >= 11 is 5.86. The monoisotopic (exact) mass is 657 g/mol. The molecule has 14 nitrogen and oxygen atoms in total. The molecule has 1 atom stereocenters. The molecule has 0 radical (unpaired) electrons. The van der Waals surface area contributed by atoms with Crippen LogP contribution in [0.3, 0.4) is 0 Å². The van der Waals surface area contributed by atoms with Gasteiger partial charge in [0.2, 0.25) is 11.9 Å². The second kappa shape index (κ2) is 11.6. The molecule has 4 aromatic rings. The van der Waals surface area contributed by atoms with E-state index >= 15 is 0 Å². The lowest BCUT2D eigenvalue weighted by molar-refractivity contribution is -0.205. The third kappa shape index (κ3) is 7.35. The molecule has 0 bridgehead atoms. The SMILES string of the molecule is NC(=O)c1nc(Cn2nc(-c3ccc(Cl)cc3)n(C[C@H](O[P+](O)(O)O)C(F)(F)F)c2=O)nn1-c1ncccc1C(F)(F)F. The van der Waals surface area contributed by atoms with E-state index in [4.69, 9.17) is 32.0 Å². The zero-order chi connectivity index (χ0) is 31.9. The van der Waals surface area contributed by atoms with Crippen LogP contribution in [0, 0.1) is 0 Å². The Kier molecular flexibility index (Phi) is 8.65. The molecular weight excluding hydrogens is 641 g/mol. The van der Waals surface area contributed by atoms with Gasteiger partial charge in [-0.2, -0.15) is 45.7 Å². The van der Waals surface area contributed by atoms with Crippen LogP contribution in [-0.2, 0) is 23.8 Å². The first-order valence-electron chi connectivity index (χ1n) is 11.4. The number of pyridine rings is 1. The van der Waals surface area contributed by atoms with Crippen LogP contribution in [-0.4, -0.2) is 67.0 Å². The Morgan fingerprint density at radius 3 is 2.28 bits per heavy atom. The van der Waals surface area contributed by atoms with E-state index in [0.717, 1.165) is 12.3 Å². The summed E-state index contributed by atoms with van der Waals surface area (Å²) in [6.45, 7) is -2.25. The number of hydrogen-bond donors (Lipinski definition) is 4. The highest BCUT2D eigenvalue weighted by atomic mass is 35.5. The van der Waals surface area contributed by atoms with E-state index in [-0.39, 0.29) is 10.6 Å². The number of carbonyl (C=O) groups excluding carboxylic acids is 1. The Bertz CT molecular complexity index is 1700. The van der Waals surface area contributed by atoms with E-state index < -0.39 is 80.2 Å². The quantitative estimate of drug-likeness (QED) is 0.153. The number of benzene rings is 1. The number of amides is 1. The van der Waals surface area contributed by atoms with E-state index in [1.807, 2.05) is 0 Å². The molecule has 230 valence electrons. The summed E-state index contributed by atoms with van der Waals surface area (Å²) in [5.41, 5.74) is 2.70. The van der Waals surface area contributed by atoms with Crippen molar-refractivity contribution >= 4 is 25.7 Å². The number of carbonyl (C=O) groups is 1. The summed E-state index contributed by atoms with van der Waals surface area (Å²) in [5, 5.41) is 7.99. The minimum absolute atomic E-state index is 0.0406. The van der Waals surface area contributed by atoms with Crippen LogP contribution in [0.2, 0.25) is 5.02 Å². The molecule has 3 aromatic heterocycles. The fourth-order valence-electron chi connectivity index (χ4n) is 3.70. The summed E-state index contributed by atoms with van der Waals surface area (Å²) in [6, 6.07) is 6.85. The summed E-state index contributed by atoms with van der Waals surface area (Å²) in [5.74, 6) is -3.97. The number of nitrogens with two attached hydrogens (primary N) is 1. The second-order valence-corrected chi connectivity index (χ2v) is 10.2. The van der Waals surface area contributed by atoms with Crippen molar-refractivity contribution in [3.63, 3.8) is 0 Å². The van der Waals surface area contributed by atoms with Crippen molar-refractivity contribution in [2.75, 3.05) is 0 Å². The lowest BCUT2D eigenvalue weighted by atomic mass is 10.2. The van der Waals surface area contributed by atoms with E-state index in [0.29, 0.717) is 20.0 Å². The summed E-state index contributed by atoms with van der Waals surface area (Å²) in [6.07, 6.45) is -12.4. The molecule has 0 fully saturated rings. The maximum atomic E-state index is 13.7. The van der Waals surface area contributed by atoms with Gasteiger partial charge in [0.05, 0.1) is 6.54 Å². The van der Waals surface area contributed by atoms with Gasteiger partial charge in [0.25, 0.3) is 5.91 Å². The first-order valence-corrected chi connectivity index (χ1v) is 13.3. The Hall–Kier alpha value is -3.94. The molecule has 3 heterocycles. The van der Waals surface area contributed by atoms with Crippen molar-refractivity contribution in [2.45, 2.75) is 31.5 Å². The van der Waals surface area contributed by atoms with Gasteiger partial charge in [-0.1, -0.05) is 11.6 Å². The van der Waals surface area contributed by atoms with Crippen molar-refractivity contribution in [3.8, 4) is 17.2 Å². The van der Waals surface area contributed by atoms with Crippen molar-refractivity contribution < 1.29 is 50.3 Å². The average Bonchev–Trinajstić information content (AvgIpc) is 3.44. The molecule has 4 rings (SSSR count). The number of rotatable bonds is 9. The third-order valence-corrected chi connectivity index (χ3v) is 6.25. The van der Waals surface area contributed by atoms with Gasteiger partial charge in [-0.05, 0) is 36.4 Å². The van der Waals surface area contributed by atoms with E-state index in [2.05, 4.69) is 24.7 Å². The van der Waals surface area contributed by atoms with Crippen LogP contribution in [0.15, 0.2) is 47.4 Å². The Morgan fingerprint density at radius 2 is 1.72 bits per heavy atom. The molecule has 0 unspecified atom stereocenters. The number of aromatic nitrogens is 7. The van der Waals surface area contributed by atoms with Gasteiger partial charge in [0.15, 0.2) is 17.5 Å². The predicted octanol–water partition coefficient (Wildman–Crippen LogP) is 2.11.